The minimum atomic E-state index is -1.66. The van der Waals surface area contributed by atoms with Crippen molar-refractivity contribution in [2.24, 2.45) is 0 Å². The molecule has 1 aliphatic heterocycles. The highest BCUT2D eigenvalue weighted by atomic mass is 16.7. The van der Waals surface area contributed by atoms with Crippen molar-refractivity contribution in [2.45, 2.75) is 262 Å². The van der Waals surface area contributed by atoms with Gasteiger partial charge in [0.25, 0.3) is 0 Å². The fourth-order valence-corrected chi connectivity index (χ4v) is 7.61. The Morgan fingerprint density at radius 2 is 1.02 bits per heavy atom. The van der Waals surface area contributed by atoms with Crippen LogP contribution in [0.5, 0.6) is 0 Å². The second kappa shape index (κ2) is 36.7. The van der Waals surface area contributed by atoms with Crippen molar-refractivity contribution < 1.29 is 50.0 Å². The van der Waals surface area contributed by atoms with E-state index in [0.717, 1.165) is 51.4 Å². The molecule has 338 valence electrons. The highest BCUT2D eigenvalue weighted by Crippen LogP contribution is 2.23. The van der Waals surface area contributed by atoms with Crippen LogP contribution in [0.3, 0.4) is 0 Å². The number of rotatable bonds is 39. The van der Waals surface area contributed by atoms with Crippen molar-refractivity contribution in [1.82, 2.24) is 5.32 Å². The lowest BCUT2D eigenvalue weighted by atomic mass is 9.98. The largest absolute Gasteiger partial charge is 0.394 e. The maximum atomic E-state index is 13.1. The first-order valence-corrected chi connectivity index (χ1v) is 23.6. The van der Waals surface area contributed by atoms with Gasteiger partial charge in [-0.05, 0) is 38.5 Å². The van der Waals surface area contributed by atoms with Gasteiger partial charge in [-0.2, -0.15) is 0 Å². The zero-order valence-electron chi connectivity index (χ0n) is 36.3. The predicted molar refractivity (Wildman–Crippen MR) is 229 cm³/mol. The second-order valence-corrected chi connectivity index (χ2v) is 16.8. The lowest BCUT2D eigenvalue weighted by molar-refractivity contribution is -0.303. The Kier molecular flexibility index (Phi) is 34.7. The Bertz CT molecular complexity index is 939. The molecular formula is C46H89NO10. The van der Waals surface area contributed by atoms with Crippen molar-refractivity contribution in [1.29, 1.82) is 0 Å². The molecule has 1 aliphatic rings. The molecule has 1 heterocycles. The van der Waals surface area contributed by atoms with Gasteiger partial charge in [0.05, 0.1) is 25.4 Å². The minimum absolute atomic E-state index is 0.255. The number of aliphatic hydroxyl groups is 7. The molecule has 0 aromatic rings. The summed E-state index contributed by atoms with van der Waals surface area (Å²) in [7, 11) is 0. The van der Waals surface area contributed by atoms with Crippen LogP contribution in [0.2, 0.25) is 0 Å². The zero-order valence-corrected chi connectivity index (χ0v) is 36.3. The Labute approximate surface area is 347 Å². The number of aliphatic hydroxyl groups excluding tert-OH is 7. The standard InChI is InChI=1S/C46H89NO10/c1-3-5-7-9-11-13-15-16-17-18-19-20-21-22-24-26-28-30-32-34-39(50)45(55)47-37(36-56-46-44(54)43(53)42(52)40(35-48)57-46)41(51)38(49)33-31-29-27-25-23-14-12-10-8-6-4-2/h19-20,37-44,46,48-54H,3-18,21-36H2,1-2H3,(H,47,55)/b20-19-. The normalized spacial score (nSPS) is 22.2. The van der Waals surface area contributed by atoms with Gasteiger partial charge in [0, 0.05) is 0 Å². The molecule has 57 heavy (non-hydrogen) atoms. The summed E-state index contributed by atoms with van der Waals surface area (Å²) in [6.07, 6.45) is 26.9. The summed E-state index contributed by atoms with van der Waals surface area (Å²) in [5.41, 5.74) is 0. The van der Waals surface area contributed by atoms with Crippen LogP contribution in [0, 0.1) is 0 Å². The van der Waals surface area contributed by atoms with Gasteiger partial charge in [-0.15, -0.1) is 0 Å². The molecule has 0 radical (unpaired) electrons. The van der Waals surface area contributed by atoms with Crippen LogP contribution in [0.15, 0.2) is 12.2 Å². The van der Waals surface area contributed by atoms with Crippen LogP contribution >= 0.6 is 0 Å². The molecule has 0 bridgehead atoms. The van der Waals surface area contributed by atoms with Crippen LogP contribution < -0.4 is 5.32 Å². The molecule has 1 saturated heterocycles. The van der Waals surface area contributed by atoms with Gasteiger partial charge in [0.2, 0.25) is 5.91 Å². The van der Waals surface area contributed by atoms with Gasteiger partial charge in [-0.3, -0.25) is 4.79 Å². The van der Waals surface area contributed by atoms with E-state index in [2.05, 4.69) is 31.3 Å². The Morgan fingerprint density at radius 3 is 1.47 bits per heavy atom. The molecule has 1 amide bonds. The van der Waals surface area contributed by atoms with Crippen LogP contribution in [0.4, 0.5) is 0 Å². The van der Waals surface area contributed by atoms with Gasteiger partial charge in [0.1, 0.15) is 36.6 Å². The number of amides is 1. The van der Waals surface area contributed by atoms with E-state index in [1.54, 1.807) is 0 Å². The quantitative estimate of drug-likeness (QED) is 0.0226. The maximum Gasteiger partial charge on any atom is 0.249 e. The number of nitrogens with one attached hydrogen (secondary N) is 1. The van der Waals surface area contributed by atoms with E-state index in [1.165, 1.54) is 116 Å². The molecule has 9 atom stereocenters. The molecule has 8 N–H and O–H groups in total. The van der Waals surface area contributed by atoms with Gasteiger partial charge >= 0.3 is 0 Å². The Hall–Kier alpha value is -1.15. The summed E-state index contributed by atoms with van der Waals surface area (Å²) >= 11 is 0. The van der Waals surface area contributed by atoms with Crippen LogP contribution in [0.1, 0.15) is 206 Å². The van der Waals surface area contributed by atoms with Gasteiger partial charge in [-0.1, -0.05) is 180 Å². The molecule has 0 aliphatic carbocycles. The number of carbonyl (C=O) groups excluding carboxylic acids is 1. The summed E-state index contributed by atoms with van der Waals surface area (Å²) in [6, 6.07) is -1.17. The van der Waals surface area contributed by atoms with Gasteiger partial charge < -0.3 is 50.5 Å². The lowest BCUT2D eigenvalue weighted by Gasteiger charge is -2.40. The van der Waals surface area contributed by atoms with Crippen molar-refractivity contribution in [3.8, 4) is 0 Å². The molecule has 0 aromatic heterocycles. The number of allylic oxidation sites excluding steroid dienone is 2. The SMILES string of the molecule is CCCCCCCCCCC/C=C\CCCCCCCCC(O)C(=O)NC(COC1OC(CO)C(O)C(O)C1O)C(O)C(O)CCCCCCCCCCCCC. The molecule has 1 rings (SSSR count). The number of hydrogen-bond acceptors (Lipinski definition) is 10. The van der Waals surface area contributed by atoms with Crippen LogP contribution in [-0.4, -0.2) is 110 Å². The lowest BCUT2D eigenvalue weighted by Crippen LogP contribution is -2.60. The summed E-state index contributed by atoms with van der Waals surface area (Å²) in [5, 5.41) is 75.6. The molecule has 0 spiro atoms. The summed E-state index contributed by atoms with van der Waals surface area (Å²) < 4.78 is 11.1. The molecule has 9 unspecified atom stereocenters. The molecule has 11 heteroatoms. The topological polar surface area (TPSA) is 189 Å². The zero-order chi connectivity index (χ0) is 41.9. The van der Waals surface area contributed by atoms with E-state index in [-0.39, 0.29) is 6.42 Å². The highest BCUT2D eigenvalue weighted by Gasteiger charge is 2.44. The number of ether oxygens (including phenoxy) is 2. The average Bonchev–Trinajstić information content (AvgIpc) is 3.21. The van der Waals surface area contributed by atoms with Gasteiger partial charge in [-0.25, -0.2) is 0 Å². The van der Waals surface area contributed by atoms with Crippen molar-refractivity contribution in [3.05, 3.63) is 12.2 Å². The number of unbranched alkanes of at least 4 members (excludes halogenated alkanes) is 25. The van der Waals surface area contributed by atoms with E-state index in [4.69, 9.17) is 9.47 Å². The molecule has 1 fully saturated rings. The van der Waals surface area contributed by atoms with Crippen molar-refractivity contribution in [3.63, 3.8) is 0 Å². The molecule has 11 nitrogen and oxygen atoms in total. The monoisotopic (exact) mass is 816 g/mol. The summed E-state index contributed by atoms with van der Waals surface area (Å²) in [4.78, 5) is 13.1. The first-order chi connectivity index (χ1) is 27.7. The predicted octanol–water partition coefficient (Wildman–Crippen LogP) is 7.67. The molecule has 0 aromatic carbocycles. The third kappa shape index (κ3) is 26.6. The van der Waals surface area contributed by atoms with E-state index < -0.39 is 74.2 Å². The second-order valence-electron chi connectivity index (χ2n) is 16.8. The number of carbonyl (C=O) groups is 1. The number of hydrogen-bond donors (Lipinski definition) is 8. The first-order valence-electron chi connectivity index (χ1n) is 23.6. The average molecular weight is 816 g/mol. The van der Waals surface area contributed by atoms with E-state index in [9.17, 15) is 40.5 Å². The van der Waals surface area contributed by atoms with Crippen LogP contribution in [0.25, 0.3) is 0 Å². The summed E-state index contributed by atoms with van der Waals surface area (Å²) in [5.74, 6) is -0.701. The fourth-order valence-electron chi connectivity index (χ4n) is 7.61. The summed E-state index contributed by atoms with van der Waals surface area (Å²) in [6.45, 7) is 3.43. The third-order valence-corrected chi connectivity index (χ3v) is 11.6. The smallest absolute Gasteiger partial charge is 0.249 e. The Morgan fingerprint density at radius 1 is 0.596 bits per heavy atom. The van der Waals surface area contributed by atoms with Gasteiger partial charge in [0.15, 0.2) is 6.29 Å². The van der Waals surface area contributed by atoms with E-state index >= 15 is 0 Å². The maximum absolute atomic E-state index is 13.1. The van der Waals surface area contributed by atoms with Crippen LogP contribution in [-0.2, 0) is 14.3 Å². The van der Waals surface area contributed by atoms with E-state index in [0.29, 0.717) is 19.3 Å². The minimum Gasteiger partial charge on any atom is -0.394 e. The Balaban J connectivity index is 2.42. The molecule has 0 saturated carbocycles. The third-order valence-electron chi connectivity index (χ3n) is 11.6. The van der Waals surface area contributed by atoms with Crippen molar-refractivity contribution in [2.75, 3.05) is 13.2 Å². The van der Waals surface area contributed by atoms with Crippen molar-refractivity contribution >= 4 is 5.91 Å². The van der Waals surface area contributed by atoms with E-state index in [1.807, 2.05) is 0 Å². The molecular weight excluding hydrogens is 727 g/mol. The fraction of sp³-hybridized carbons (Fsp3) is 0.935. The highest BCUT2D eigenvalue weighted by molar-refractivity contribution is 5.80. The first kappa shape index (κ1) is 53.9.